The van der Waals surface area contributed by atoms with E-state index in [4.69, 9.17) is 19.9 Å². The van der Waals surface area contributed by atoms with Gasteiger partial charge in [-0.2, -0.15) is 4.99 Å². The highest BCUT2D eigenvalue weighted by atomic mass is 16.5. The normalized spacial score (nSPS) is 11.3. The number of phenolic OH excluding ortho intramolecular Hbond substituents is 1. The van der Waals surface area contributed by atoms with Crippen molar-refractivity contribution in [1.29, 1.82) is 0 Å². The van der Waals surface area contributed by atoms with Crippen molar-refractivity contribution in [2.24, 2.45) is 10.7 Å². The average molecular weight is 505 g/mol. The molecule has 0 saturated heterocycles. The van der Waals surface area contributed by atoms with E-state index in [9.17, 15) is 9.90 Å². The van der Waals surface area contributed by atoms with Crippen LogP contribution in [-0.2, 0) is 17.6 Å². The van der Waals surface area contributed by atoms with Crippen molar-refractivity contribution in [1.82, 2.24) is 0 Å². The summed E-state index contributed by atoms with van der Waals surface area (Å²) in [6.07, 6.45) is 3.07. The number of phenols is 1. The molecule has 3 N–H and O–H groups in total. The van der Waals surface area contributed by atoms with E-state index in [1.54, 1.807) is 19.1 Å². The quantitative estimate of drug-likeness (QED) is 0.171. The molecule has 0 unspecified atom stereocenters. The van der Waals surface area contributed by atoms with Gasteiger partial charge >= 0.3 is 6.09 Å². The van der Waals surface area contributed by atoms with Gasteiger partial charge in [0.2, 0.25) is 0 Å². The van der Waals surface area contributed by atoms with Crippen LogP contribution in [0.5, 0.6) is 17.2 Å². The number of amides is 1. The standard InChI is InChI=1S/C30H36N2O5/c1-4-7-22-13-15-26(33)20-28(22)37-18-17-36-27-16-14-24(19-25(27)8-5-2)21-9-11-23(12-10-21)29(31)32-30(34)35-6-3/h9-16,19-20,33H,4-8,17-18H2,1-3H3,(H2,31,32,34). The average Bonchev–Trinajstić information content (AvgIpc) is 2.89. The summed E-state index contributed by atoms with van der Waals surface area (Å²) >= 11 is 0. The summed E-state index contributed by atoms with van der Waals surface area (Å²) in [5, 5.41) is 9.81. The lowest BCUT2D eigenvalue weighted by Gasteiger charge is -2.15. The van der Waals surface area contributed by atoms with E-state index in [0.717, 1.165) is 53.7 Å². The third-order valence-corrected chi connectivity index (χ3v) is 5.74. The van der Waals surface area contributed by atoms with Crippen molar-refractivity contribution in [3.63, 3.8) is 0 Å². The molecule has 0 bridgehead atoms. The minimum absolute atomic E-state index is 0.121. The van der Waals surface area contributed by atoms with Crippen LogP contribution in [0.3, 0.4) is 0 Å². The Morgan fingerprint density at radius 1 is 0.811 bits per heavy atom. The van der Waals surface area contributed by atoms with Crippen LogP contribution in [0.1, 0.15) is 50.3 Å². The zero-order chi connectivity index (χ0) is 26.6. The van der Waals surface area contributed by atoms with Crippen molar-refractivity contribution < 1.29 is 24.1 Å². The molecule has 0 aliphatic carbocycles. The molecule has 1 amide bonds. The van der Waals surface area contributed by atoms with Crippen molar-refractivity contribution in [2.45, 2.75) is 46.5 Å². The van der Waals surface area contributed by atoms with Gasteiger partial charge in [-0.1, -0.05) is 63.1 Å². The molecule has 3 aromatic rings. The lowest BCUT2D eigenvalue weighted by molar-refractivity contribution is 0.163. The summed E-state index contributed by atoms with van der Waals surface area (Å²) in [7, 11) is 0. The van der Waals surface area contributed by atoms with Crippen LogP contribution in [0.25, 0.3) is 11.1 Å². The van der Waals surface area contributed by atoms with Crippen LogP contribution in [0, 0.1) is 0 Å². The van der Waals surface area contributed by atoms with Gasteiger partial charge in [-0.15, -0.1) is 0 Å². The summed E-state index contributed by atoms with van der Waals surface area (Å²) in [5.41, 5.74) is 10.9. The van der Waals surface area contributed by atoms with E-state index in [1.165, 1.54) is 0 Å². The SMILES string of the molecule is CCCc1cc(-c2ccc(C(N)=NC(=O)OCC)cc2)ccc1OCCOc1cc(O)ccc1CCC. The number of aromatic hydroxyl groups is 1. The fraction of sp³-hybridized carbons (Fsp3) is 0.333. The lowest BCUT2D eigenvalue weighted by Crippen LogP contribution is -2.16. The molecular weight excluding hydrogens is 468 g/mol. The van der Waals surface area contributed by atoms with Crippen LogP contribution < -0.4 is 15.2 Å². The smallest absolute Gasteiger partial charge is 0.435 e. The lowest BCUT2D eigenvalue weighted by atomic mass is 9.99. The largest absolute Gasteiger partial charge is 0.508 e. The van der Waals surface area contributed by atoms with E-state index in [2.05, 4.69) is 24.9 Å². The molecule has 7 heteroatoms. The molecule has 0 aliphatic rings. The second-order valence-electron chi connectivity index (χ2n) is 8.58. The number of aliphatic imine (C=N–C) groups is 1. The van der Waals surface area contributed by atoms with Gasteiger partial charge in [-0.25, -0.2) is 4.79 Å². The first-order valence-electron chi connectivity index (χ1n) is 12.8. The summed E-state index contributed by atoms with van der Waals surface area (Å²) < 4.78 is 16.8. The number of ether oxygens (including phenoxy) is 3. The molecule has 3 rings (SSSR count). The van der Waals surface area contributed by atoms with Crippen molar-refractivity contribution in [3.8, 4) is 28.4 Å². The number of rotatable bonds is 12. The maximum Gasteiger partial charge on any atom is 0.435 e. The Morgan fingerprint density at radius 3 is 2.14 bits per heavy atom. The van der Waals surface area contributed by atoms with Gasteiger partial charge < -0.3 is 25.1 Å². The first kappa shape index (κ1) is 27.6. The molecule has 7 nitrogen and oxygen atoms in total. The number of amidine groups is 1. The maximum absolute atomic E-state index is 11.5. The molecule has 0 saturated carbocycles. The van der Waals surface area contributed by atoms with Gasteiger partial charge in [0.1, 0.15) is 36.3 Å². The van der Waals surface area contributed by atoms with Gasteiger partial charge in [-0.05, 0) is 60.2 Å². The van der Waals surface area contributed by atoms with Gasteiger partial charge in [0, 0.05) is 11.6 Å². The third-order valence-electron chi connectivity index (χ3n) is 5.74. The minimum Gasteiger partial charge on any atom is -0.508 e. The van der Waals surface area contributed by atoms with Crippen LogP contribution in [0.15, 0.2) is 65.7 Å². The van der Waals surface area contributed by atoms with Gasteiger partial charge in [0.25, 0.3) is 0 Å². The number of hydrogen-bond acceptors (Lipinski definition) is 5. The van der Waals surface area contributed by atoms with Crippen molar-refractivity contribution in [2.75, 3.05) is 19.8 Å². The number of hydrogen-bond donors (Lipinski definition) is 2. The monoisotopic (exact) mass is 504 g/mol. The van der Waals surface area contributed by atoms with Crippen LogP contribution in [-0.4, -0.2) is 36.9 Å². The zero-order valence-electron chi connectivity index (χ0n) is 21.8. The number of nitrogens with zero attached hydrogens (tertiary/aromatic N) is 1. The van der Waals surface area contributed by atoms with E-state index in [1.807, 2.05) is 42.5 Å². The molecule has 37 heavy (non-hydrogen) atoms. The molecule has 3 aromatic carbocycles. The summed E-state index contributed by atoms with van der Waals surface area (Å²) in [5.74, 6) is 1.85. The highest BCUT2D eigenvalue weighted by Crippen LogP contribution is 2.29. The number of nitrogens with two attached hydrogens (primary N) is 1. The van der Waals surface area contributed by atoms with Crippen LogP contribution in [0.4, 0.5) is 4.79 Å². The molecule has 0 heterocycles. The second-order valence-corrected chi connectivity index (χ2v) is 8.58. The minimum atomic E-state index is -0.697. The Labute approximate surface area is 218 Å². The molecule has 0 radical (unpaired) electrons. The number of carbonyl (C=O) groups excluding carboxylic acids is 1. The summed E-state index contributed by atoms with van der Waals surface area (Å²) in [6.45, 7) is 6.99. The molecule has 0 fully saturated rings. The Balaban J connectivity index is 1.67. The molecule has 0 atom stereocenters. The third kappa shape index (κ3) is 8.00. The summed E-state index contributed by atoms with van der Waals surface area (Å²) in [4.78, 5) is 15.3. The Morgan fingerprint density at radius 2 is 1.46 bits per heavy atom. The van der Waals surface area contributed by atoms with E-state index in [-0.39, 0.29) is 18.2 Å². The van der Waals surface area contributed by atoms with E-state index >= 15 is 0 Å². The molecule has 0 aliphatic heterocycles. The van der Waals surface area contributed by atoms with E-state index < -0.39 is 6.09 Å². The Bertz CT molecular complexity index is 1210. The van der Waals surface area contributed by atoms with Gasteiger partial charge in [-0.3, -0.25) is 0 Å². The molecule has 0 aromatic heterocycles. The van der Waals surface area contributed by atoms with Crippen LogP contribution in [0.2, 0.25) is 0 Å². The fourth-order valence-corrected chi connectivity index (χ4v) is 3.97. The highest BCUT2D eigenvalue weighted by Gasteiger charge is 2.10. The Kier molecular flexibility index (Phi) is 10.4. The number of benzene rings is 3. The van der Waals surface area contributed by atoms with E-state index in [0.29, 0.717) is 24.5 Å². The van der Waals surface area contributed by atoms with Gasteiger partial charge in [0.15, 0.2) is 0 Å². The van der Waals surface area contributed by atoms with Crippen molar-refractivity contribution >= 4 is 11.9 Å². The predicted octanol–water partition coefficient (Wildman–Crippen LogP) is 6.28. The topological polar surface area (TPSA) is 103 Å². The van der Waals surface area contributed by atoms with Crippen LogP contribution >= 0.6 is 0 Å². The predicted molar refractivity (Wildman–Crippen MR) is 147 cm³/mol. The Hall–Kier alpha value is -4.00. The highest BCUT2D eigenvalue weighted by molar-refractivity contribution is 6.03. The number of carbonyl (C=O) groups is 1. The second kappa shape index (κ2) is 13.9. The first-order valence-corrected chi connectivity index (χ1v) is 12.8. The zero-order valence-corrected chi connectivity index (χ0v) is 21.8. The molecule has 196 valence electrons. The fourth-order valence-electron chi connectivity index (χ4n) is 3.97. The maximum atomic E-state index is 11.5. The first-order chi connectivity index (χ1) is 17.9. The summed E-state index contributed by atoms with van der Waals surface area (Å²) in [6, 6.07) is 19.0. The molecular formula is C30H36N2O5. The molecule has 0 spiro atoms. The van der Waals surface area contributed by atoms with Crippen molar-refractivity contribution in [3.05, 3.63) is 77.4 Å². The van der Waals surface area contributed by atoms with Gasteiger partial charge in [0.05, 0.1) is 6.61 Å². The number of aryl methyl sites for hydroxylation is 2.